The molecule has 8 heterocycles. The van der Waals surface area contributed by atoms with E-state index in [4.69, 9.17) is 48.1 Å². The molecule has 77 heavy (non-hydrogen) atoms. The van der Waals surface area contributed by atoms with E-state index in [0.29, 0.717) is 58.8 Å². The van der Waals surface area contributed by atoms with Crippen molar-refractivity contribution in [2.45, 2.75) is 64.9 Å². The largest absolute Gasteiger partial charge is 0.444 e. The van der Waals surface area contributed by atoms with Crippen LogP contribution in [0.15, 0.2) is 86.0 Å². The number of rotatable bonds is 10. The van der Waals surface area contributed by atoms with Gasteiger partial charge in [-0.1, -0.05) is 70.1 Å². The standard InChI is InChI=1S/C29H31ClN8O3S.C24H23ClN8OS/c1-29(2,3)41-28(40)37-11-10-17(15-37)12-33-26(39)35-27-34-21-9-8-19-23(18-13-31-16-32-14-18)36-38(24(19)25(21)42-27)22-7-5-4-6-20(22)30;25-17-3-1-2-4-19(17)33-21-16(20(32-33)15-11-27-13-28-12-15)5-6-18-22(21)35-24(30-18)31-23(34)29-10-14-7-8-26-9-14/h4-7,13-14,16-17H,8-12,15H2,1-3H3,(H2,33,34,35,39);1-4,11-14,26H,5-10H2,(H2,29,30,31,34)/t17-;14-/m10/s1. The highest BCUT2D eigenvalue weighted by atomic mass is 35.5. The van der Waals surface area contributed by atoms with Gasteiger partial charge in [0.15, 0.2) is 10.3 Å². The molecule has 20 nitrogen and oxygen atoms in total. The molecule has 2 saturated heterocycles. The average molecular weight is 1110 g/mol. The number of fused-ring (bicyclic) bond motifs is 6. The lowest BCUT2D eigenvalue weighted by molar-refractivity contribution is 0.0288. The van der Waals surface area contributed by atoms with E-state index in [1.807, 2.05) is 78.7 Å². The van der Waals surface area contributed by atoms with Crippen molar-refractivity contribution in [1.29, 1.82) is 0 Å². The van der Waals surface area contributed by atoms with Crippen LogP contribution >= 0.6 is 45.9 Å². The number of nitrogens with one attached hydrogen (secondary N) is 5. The average Bonchev–Trinajstić information content (AvgIpc) is 4.50. The lowest BCUT2D eigenvalue weighted by Crippen LogP contribution is -2.37. The van der Waals surface area contributed by atoms with Gasteiger partial charge in [-0.3, -0.25) is 10.6 Å². The number of thiazole rings is 2. The first-order valence-corrected chi connectivity index (χ1v) is 27.7. The van der Waals surface area contributed by atoms with Crippen LogP contribution in [0.1, 0.15) is 56.1 Å². The normalized spacial score (nSPS) is 16.3. The summed E-state index contributed by atoms with van der Waals surface area (Å²) in [7, 11) is 0. The second kappa shape index (κ2) is 22.3. The van der Waals surface area contributed by atoms with E-state index in [2.05, 4.69) is 46.5 Å². The molecule has 2 aromatic carbocycles. The van der Waals surface area contributed by atoms with Crippen LogP contribution in [-0.2, 0) is 30.4 Å². The van der Waals surface area contributed by atoms with Crippen LogP contribution in [0.25, 0.3) is 55.0 Å². The topological polar surface area (TPSA) is 237 Å². The number of halogens is 2. The smallest absolute Gasteiger partial charge is 0.410 e. The van der Waals surface area contributed by atoms with Crippen LogP contribution in [0.5, 0.6) is 0 Å². The zero-order chi connectivity index (χ0) is 53.2. The molecule has 0 saturated carbocycles. The Balaban J connectivity index is 0.000000166. The second-order valence-electron chi connectivity index (χ2n) is 20.0. The highest BCUT2D eigenvalue weighted by Gasteiger charge is 2.34. The number of anilines is 2. The fourth-order valence-electron chi connectivity index (χ4n) is 9.89. The molecule has 8 aromatic rings. The number of hydrogen-bond donors (Lipinski definition) is 5. The van der Waals surface area contributed by atoms with Gasteiger partial charge in [0.1, 0.15) is 18.3 Å². The molecule has 12 rings (SSSR count). The lowest BCUT2D eigenvalue weighted by Gasteiger charge is -2.24. The molecule has 2 aliphatic heterocycles. The summed E-state index contributed by atoms with van der Waals surface area (Å²) in [5, 5.41) is 27.2. The molecule has 6 aromatic heterocycles. The van der Waals surface area contributed by atoms with Crippen LogP contribution < -0.4 is 26.6 Å². The summed E-state index contributed by atoms with van der Waals surface area (Å²) >= 11 is 16.1. The van der Waals surface area contributed by atoms with Crippen molar-refractivity contribution in [3.8, 4) is 55.0 Å². The summed E-state index contributed by atoms with van der Waals surface area (Å²) in [6.07, 6.45) is 14.6. The number of aromatic nitrogens is 10. The predicted octanol–water partition coefficient (Wildman–Crippen LogP) is 9.52. The molecule has 4 aliphatic rings. The first-order valence-electron chi connectivity index (χ1n) is 25.4. The first kappa shape index (κ1) is 51.7. The number of urea groups is 2. The fraction of sp³-hybridized carbons (Fsp3) is 0.340. The monoisotopic (exact) mass is 1110 g/mol. The van der Waals surface area contributed by atoms with Crippen molar-refractivity contribution in [1.82, 2.24) is 70.3 Å². The zero-order valence-corrected chi connectivity index (χ0v) is 45.5. The van der Waals surface area contributed by atoms with E-state index in [1.54, 1.807) is 29.7 Å². The number of aryl methyl sites for hydroxylation is 2. The number of para-hydroxylation sites is 2. The van der Waals surface area contributed by atoms with E-state index in [1.165, 1.54) is 35.3 Å². The van der Waals surface area contributed by atoms with Crippen molar-refractivity contribution >= 4 is 74.3 Å². The number of carbonyl (C=O) groups is 3. The fourth-order valence-corrected chi connectivity index (χ4v) is 12.4. The number of ether oxygens (including phenoxy) is 1. The molecule has 2 atom stereocenters. The van der Waals surface area contributed by atoms with Crippen LogP contribution in [-0.4, -0.2) is 117 Å². The van der Waals surface area contributed by atoms with Crippen molar-refractivity contribution in [3.63, 3.8) is 0 Å². The Labute approximate surface area is 461 Å². The van der Waals surface area contributed by atoms with Gasteiger partial charge in [0.25, 0.3) is 0 Å². The molecular formula is C53H54Cl2N16O4S2. The van der Waals surface area contributed by atoms with E-state index >= 15 is 0 Å². The van der Waals surface area contributed by atoms with Gasteiger partial charge in [-0.05, 0) is 108 Å². The molecule has 0 bridgehead atoms. The molecular weight excluding hydrogens is 1060 g/mol. The third kappa shape index (κ3) is 11.4. The summed E-state index contributed by atoms with van der Waals surface area (Å²) in [4.78, 5) is 67.6. The van der Waals surface area contributed by atoms with Gasteiger partial charge in [0, 0.05) is 73.2 Å². The molecule has 0 spiro atoms. The van der Waals surface area contributed by atoms with Crippen LogP contribution in [0, 0.1) is 11.8 Å². The number of likely N-dealkylation sites (tertiary alicyclic amines) is 1. The Morgan fingerprint density at radius 3 is 1.65 bits per heavy atom. The van der Waals surface area contributed by atoms with Gasteiger partial charge >= 0.3 is 18.2 Å². The van der Waals surface area contributed by atoms with E-state index < -0.39 is 5.60 Å². The molecule has 396 valence electrons. The van der Waals surface area contributed by atoms with Gasteiger partial charge < -0.3 is 25.6 Å². The van der Waals surface area contributed by atoms with E-state index in [9.17, 15) is 14.4 Å². The predicted molar refractivity (Wildman–Crippen MR) is 297 cm³/mol. The summed E-state index contributed by atoms with van der Waals surface area (Å²) in [5.41, 5.74) is 10.2. The van der Waals surface area contributed by atoms with Gasteiger partial charge in [0.05, 0.1) is 65.3 Å². The molecule has 0 unspecified atom stereocenters. The Kier molecular flexibility index (Phi) is 15.0. The third-order valence-corrected chi connectivity index (χ3v) is 16.2. The van der Waals surface area contributed by atoms with E-state index in [-0.39, 0.29) is 24.1 Å². The van der Waals surface area contributed by atoms with Gasteiger partial charge in [0.2, 0.25) is 0 Å². The molecule has 24 heteroatoms. The second-order valence-corrected chi connectivity index (χ2v) is 22.8. The van der Waals surface area contributed by atoms with Crippen molar-refractivity contribution in [2.24, 2.45) is 11.8 Å². The van der Waals surface area contributed by atoms with Crippen molar-refractivity contribution < 1.29 is 19.1 Å². The Morgan fingerprint density at radius 2 is 1.18 bits per heavy atom. The molecule has 2 fully saturated rings. The molecule has 0 radical (unpaired) electrons. The summed E-state index contributed by atoms with van der Waals surface area (Å²) in [6.45, 7) is 9.75. The highest BCUT2D eigenvalue weighted by Crippen LogP contribution is 2.46. The van der Waals surface area contributed by atoms with E-state index in [0.717, 1.165) is 123 Å². The van der Waals surface area contributed by atoms with Crippen LogP contribution in [0.3, 0.4) is 0 Å². The Hall–Kier alpha value is -7.37. The molecule has 5 N–H and O–H groups in total. The summed E-state index contributed by atoms with van der Waals surface area (Å²) in [6, 6.07) is 14.6. The quantitative estimate of drug-likeness (QED) is 0.0859. The number of hydrogen-bond acceptors (Lipinski definition) is 15. The van der Waals surface area contributed by atoms with Crippen LogP contribution in [0.2, 0.25) is 10.0 Å². The number of benzene rings is 2. The maximum absolute atomic E-state index is 12.8. The zero-order valence-electron chi connectivity index (χ0n) is 42.3. The molecule has 5 amide bonds. The SMILES string of the molecule is CC(C)(C)OC(=O)N1CC[C@H](CNC(=O)Nc2nc3c(s2)-c2c(c(-c4cncnc4)nn2-c2ccccc2Cl)CC3)C1.O=C(NC[C@H]1CCNC1)Nc1nc2c(s1)-c1c(c(-c3cncnc3)nn1-c1ccccc1Cl)CC2. The van der Waals surface area contributed by atoms with Gasteiger partial charge in [-0.25, -0.2) is 53.7 Å². The number of amides is 5. The number of carbonyl (C=O) groups excluding carboxylic acids is 3. The van der Waals surface area contributed by atoms with Crippen LogP contribution in [0.4, 0.5) is 24.6 Å². The van der Waals surface area contributed by atoms with Gasteiger partial charge in [-0.2, -0.15) is 10.2 Å². The first-order chi connectivity index (χ1) is 37.3. The van der Waals surface area contributed by atoms with Crippen molar-refractivity contribution in [2.75, 3.05) is 49.9 Å². The Morgan fingerprint density at radius 1 is 0.688 bits per heavy atom. The highest BCUT2D eigenvalue weighted by molar-refractivity contribution is 7.19. The maximum atomic E-state index is 12.8. The minimum atomic E-state index is -0.538. The minimum Gasteiger partial charge on any atom is -0.444 e. The molecule has 2 aliphatic carbocycles. The number of nitrogens with zero attached hydrogens (tertiary/aromatic N) is 11. The minimum absolute atomic E-state index is 0.153. The maximum Gasteiger partial charge on any atom is 0.410 e. The summed E-state index contributed by atoms with van der Waals surface area (Å²) in [5.74, 6) is 0.624. The third-order valence-electron chi connectivity index (χ3n) is 13.5. The van der Waals surface area contributed by atoms with Crippen molar-refractivity contribution in [3.05, 3.63) is 119 Å². The summed E-state index contributed by atoms with van der Waals surface area (Å²) < 4.78 is 9.21. The lowest BCUT2D eigenvalue weighted by atomic mass is 9.96. The Bertz CT molecular complexity index is 3460. The van der Waals surface area contributed by atoms with Gasteiger partial charge in [-0.15, -0.1) is 0 Å².